The monoisotopic (exact) mass is 856 g/mol. The van der Waals surface area contributed by atoms with Crippen molar-refractivity contribution < 1.29 is 46.8 Å². The van der Waals surface area contributed by atoms with Gasteiger partial charge in [0.05, 0.1) is 30.2 Å². The molecule has 6 aromatic heterocycles. The topological polar surface area (TPSA) is 185 Å². The average molecular weight is 857 g/mol. The molecule has 2 aliphatic carbocycles. The zero-order valence-corrected chi connectivity index (χ0v) is 32.6. The van der Waals surface area contributed by atoms with Gasteiger partial charge in [0.15, 0.2) is 15.6 Å². The molecular weight excluding hydrogens is 819 g/mol. The van der Waals surface area contributed by atoms with Crippen LogP contribution in [0.15, 0.2) is 33.9 Å². The molecular formula is C36H38F6N8O6S2. The van der Waals surface area contributed by atoms with Crippen molar-refractivity contribution in [3.8, 4) is 0 Å². The van der Waals surface area contributed by atoms with E-state index < -0.39 is 23.7 Å². The van der Waals surface area contributed by atoms with Gasteiger partial charge in [-0.2, -0.15) is 36.5 Å². The molecule has 312 valence electrons. The highest BCUT2D eigenvalue weighted by Gasteiger charge is 2.42. The summed E-state index contributed by atoms with van der Waals surface area (Å²) < 4.78 is 83.9. The maximum absolute atomic E-state index is 13.3. The van der Waals surface area contributed by atoms with Gasteiger partial charge >= 0.3 is 12.4 Å². The van der Waals surface area contributed by atoms with Crippen LogP contribution in [0.3, 0.4) is 0 Å². The lowest BCUT2D eigenvalue weighted by molar-refractivity contribution is -0.144. The lowest BCUT2D eigenvalue weighted by Gasteiger charge is -2.10. The number of aromatic nitrogens is 8. The molecule has 0 radical (unpaired) electrons. The third-order valence-corrected chi connectivity index (χ3v) is 12.2. The Kier molecular flexibility index (Phi) is 11.5. The number of halogens is 6. The summed E-state index contributed by atoms with van der Waals surface area (Å²) in [6.45, 7) is 2.84. The second-order valence-electron chi connectivity index (χ2n) is 14.4. The van der Waals surface area contributed by atoms with Crippen LogP contribution in [0.2, 0.25) is 0 Å². The summed E-state index contributed by atoms with van der Waals surface area (Å²) in [5, 5.41) is 44.3. The Morgan fingerprint density at radius 2 is 1.17 bits per heavy atom. The summed E-state index contributed by atoms with van der Waals surface area (Å²) in [5.41, 5.74) is -0.157. The van der Waals surface area contributed by atoms with Crippen LogP contribution in [-0.2, 0) is 38.3 Å². The first-order chi connectivity index (χ1) is 27.4. The molecule has 0 amide bonds. The maximum Gasteiger partial charge on any atom is 0.435 e. The molecule has 2 aliphatic rings. The smallest absolute Gasteiger partial charge is 0.396 e. The number of rotatable bonds is 12. The van der Waals surface area contributed by atoms with Gasteiger partial charge in [-0.15, -0.1) is 22.7 Å². The fourth-order valence-electron chi connectivity index (χ4n) is 7.28. The molecule has 8 rings (SSSR count). The van der Waals surface area contributed by atoms with E-state index in [4.69, 9.17) is 10.2 Å². The standard InChI is InChI=1S/2C18H19F3N4O3S/c1-9-16(13-4-10(13)8-27)25-15(28)5-11(22-17(25)29-9)7-24-12(2-3-26)6-14(23-24)18(19,20)21;1-9-16(13-4-10(13)8-27)25-15(28)6-12(22-17(25)29-9)7-24-14(18(19,20)21)5-11(23-24)2-3-26/h2*5-6,10,13,26-27H,2-4,7-8H2,1H3. The minimum absolute atomic E-state index is 0.00604. The molecule has 0 aliphatic heterocycles. The van der Waals surface area contributed by atoms with Crippen LogP contribution in [0.4, 0.5) is 26.3 Å². The van der Waals surface area contributed by atoms with Gasteiger partial charge in [-0.25, -0.2) is 9.97 Å². The first-order valence-electron chi connectivity index (χ1n) is 18.2. The number of hydrogen-bond acceptors (Lipinski definition) is 12. The molecule has 0 aromatic carbocycles. The normalized spacial score (nSPS) is 19.2. The molecule has 0 bridgehead atoms. The van der Waals surface area contributed by atoms with E-state index in [1.54, 1.807) is 0 Å². The van der Waals surface area contributed by atoms with E-state index in [2.05, 4.69) is 20.2 Å². The number of hydrogen-bond donors (Lipinski definition) is 4. The van der Waals surface area contributed by atoms with Gasteiger partial charge in [0, 0.05) is 90.1 Å². The van der Waals surface area contributed by atoms with E-state index in [0.717, 1.165) is 55.5 Å². The average Bonchev–Trinajstić information content (AvgIpc) is 3.90. The van der Waals surface area contributed by atoms with Crippen LogP contribution in [0.5, 0.6) is 0 Å². The molecule has 2 fully saturated rings. The van der Waals surface area contributed by atoms with E-state index in [-0.39, 0.29) is 104 Å². The van der Waals surface area contributed by atoms with Crippen molar-refractivity contribution in [2.75, 3.05) is 26.4 Å². The van der Waals surface area contributed by atoms with Crippen LogP contribution < -0.4 is 11.1 Å². The van der Waals surface area contributed by atoms with Crippen molar-refractivity contribution >= 4 is 32.6 Å². The summed E-state index contributed by atoms with van der Waals surface area (Å²) in [6, 6.07) is 4.33. The number of nitrogens with zero attached hydrogens (tertiary/aromatic N) is 8. The van der Waals surface area contributed by atoms with Crippen LogP contribution in [-0.4, -0.2) is 85.2 Å². The molecule has 0 spiro atoms. The number of alkyl halides is 6. The second-order valence-corrected chi connectivity index (χ2v) is 16.7. The quantitative estimate of drug-likeness (QED) is 0.132. The van der Waals surface area contributed by atoms with E-state index in [0.29, 0.717) is 15.6 Å². The molecule has 4 unspecified atom stereocenters. The lowest BCUT2D eigenvalue weighted by Crippen LogP contribution is -2.20. The Labute approximate surface area is 332 Å². The zero-order chi connectivity index (χ0) is 41.8. The first-order valence-corrected chi connectivity index (χ1v) is 19.8. The lowest BCUT2D eigenvalue weighted by atomic mass is 10.2. The van der Waals surface area contributed by atoms with E-state index in [9.17, 15) is 46.1 Å². The highest BCUT2D eigenvalue weighted by atomic mass is 32.1. The number of fused-ring (bicyclic) bond motifs is 2. The predicted molar refractivity (Wildman–Crippen MR) is 198 cm³/mol. The van der Waals surface area contributed by atoms with Gasteiger partial charge in [-0.3, -0.25) is 27.8 Å². The summed E-state index contributed by atoms with van der Waals surface area (Å²) in [7, 11) is 0. The summed E-state index contributed by atoms with van der Waals surface area (Å²) >= 11 is 2.65. The van der Waals surface area contributed by atoms with Gasteiger partial charge in [0.1, 0.15) is 5.69 Å². The van der Waals surface area contributed by atoms with Crippen molar-refractivity contribution in [3.05, 3.63) is 100 Å². The third-order valence-electron chi connectivity index (χ3n) is 10.2. The van der Waals surface area contributed by atoms with E-state index >= 15 is 0 Å². The fraction of sp³-hybridized carbons (Fsp3) is 0.500. The minimum Gasteiger partial charge on any atom is -0.396 e. The van der Waals surface area contributed by atoms with Crippen LogP contribution in [0.25, 0.3) is 9.92 Å². The molecule has 22 heteroatoms. The minimum atomic E-state index is -4.61. The first kappa shape index (κ1) is 41.7. The zero-order valence-electron chi connectivity index (χ0n) is 31.0. The van der Waals surface area contributed by atoms with Crippen LogP contribution in [0.1, 0.15) is 80.0 Å². The van der Waals surface area contributed by atoms with Gasteiger partial charge in [-0.05, 0) is 50.7 Å². The number of thiazole rings is 2. The highest BCUT2D eigenvalue weighted by Crippen LogP contribution is 2.50. The van der Waals surface area contributed by atoms with Gasteiger partial charge in [0.25, 0.3) is 11.1 Å². The van der Waals surface area contributed by atoms with Gasteiger partial charge in [-0.1, -0.05) is 0 Å². The van der Waals surface area contributed by atoms with Crippen molar-refractivity contribution in [3.63, 3.8) is 0 Å². The Morgan fingerprint density at radius 3 is 1.60 bits per heavy atom. The van der Waals surface area contributed by atoms with Crippen LogP contribution >= 0.6 is 22.7 Å². The van der Waals surface area contributed by atoms with Crippen molar-refractivity contribution in [2.24, 2.45) is 11.8 Å². The fourth-order valence-corrected chi connectivity index (χ4v) is 9.41. The van der Waals surface area contributed by atoms with Gasteiger partial charge in [0.2, 0.25) is 0 Å². The van der Waals surface area contributed by atoms with E-state index in [1.807, 2.05) is 13.8 Å². The molecule has 6 heterocycles. The Hall–Kier alpha value is -4.48. The summed E-state index contributed by atoms with van der Waals surface area (Å²) in [6.07, 6.45) is -7.58. The predicted octanol–water partition coefficient (Wildman–Crippen LogP) is 3.92. The Bertz CT molecular complexity index is 2590. The van der Waals surface area contributed by atoms with Crippen LogP contribution in [0, 0.1) is 25.7 Å². The van der Waals surface area contributed by atoms with Gasteiger partial charge < -0.3 is 20.4 Å². The SMILES string of the molecule is Cc1sc2nc(Cn3nc(C(F)(F)F)cc3CCO)cc(=O)n2c1C1CC1CO.Cc1sc2nc(Cn3nc(CCO)cc3C(F)(F)F)cc(=O)n2c1C1CC1CO. The number of aliphatic hydroxyl groups is 4. The molecule has 14 nitrogen and oxygen atoms in total. The highest BCUT2D eigenvalue weighted by molar-refractivity contribution is 7.17. The molecule has 58 heavy (non-hydrogen) atoms. The second kappa shape index (κ2) is 15.9. The van der Waals surface area contributed by atoms with Crippen molar-refractivity contribution in [1.82, 2.24) is 38.3 Å². The maximum atomic E-state index is 13.3. The third kappa shape index (κ3) is 8.35. The largest absolute Gasteiger partial charge is 0.435 e. The van der Waals surface area contributed by atoms with Crippen molar-refractivity contribution in [1.29, 1.82) is 0 Å². The van der Waals surface area contributed by atoms with Crippen molar-refractivity contribution in [2.45, 2.75) is 76.8 Å². The molecule has 2 saturated carbocycles. The molecule has 6 aromatic rings. The Balaban J connectivity index is 0.000000177. The summed E-state index contributed by atoms with van der Waals surface area (Å²) in [5.74, 6) is 0.490. The van der Waals surface area contributed by atoms with E-state index in [1.165, 1.54) is 43.6 Å². The molecule has 4 N–H and O–H groups in total. The molecule has 4 atom stereocenters. The Morgan fingerprint density at radius 1 is 0.672 bits per heavy atom. The number of aryl methyl sites for hydroxylation is 2. The number of aliphatic hydroxyl groups excluding tert-OH is 4. The summed E-state index contributed by atoms with van der Waals surface area (Å²) in [4.78, 5) is 37.1. The molecule has 0 saturated heterocycles.